The molecule has 1 heterocycles. The molecule has 5 nitrogen and oxygen atoms in total. The Morgan fingerprint density at radius 1 is 0.963 bits per heavy atom. The molecule has 2 N–H and O–H groups in total. The van der Waals surface area contributed by atoms with Gasteiger partial charge in [-0.1, -0.05) is 36.4 Å². The van der Waals surface area contributed by atoms with Gasteiger partial charge in [-0.15, -0.1) is 0 Å². The number of carbonyl (C=O) groups is 1. The van der Waals surface area contributed by atoms with Gasteiger partial charge < -0.3 is 5.32 Å². The average Bonchev–Trinajstić information content (AvgIpc) is 2.66. The van der Waals surface area contributed by atoms with Crippen molar-refractivity contribution in [1.29, 1.82) is 0 Å². The van der Waals surface area contributed by atoms with Crippen molar-refractivity contribution in [2.45, 2.75) is 30.7 Å². The Bertz CT molecular complexity index is 1140. The summed E-state index contributed by atoms with van der Waals surface area (Å²) in [6.45, 7) is 1.83. The van der Waals surface area contributed by atoms with E-state index in [9.17, 15) is 13.2 Å². The molecule has 1 atom stereocenters. The number of carbonyl (C=O) groups excluding carboxylic acids is 1. The van der Waals surface area contributed by atoms with Crippen molar-refractivity contribution in [3.8, 4) is 0 Å². The lowest BCUT2D eigenvalue weighted by Crippen LogP contribution is -2.27. The molecule has 138 valence electrons. The molecule has 6 heteroatoms. The maximum atomic E-state index is 12.8. The van der Waals surface area contributed by atoms with Crippen molar-refractivity contribution in [2.75, 3.05) is 5.32 Å². The minimum absolute atomic E-state index is 0.0406. The van der Waals surface area contributed by atoms with E-state index >= 15 is 0 Å². The predicted molar refractivity (Wildman–Crippen MR) is 106 cm³/mol. The highest BCUT2D eigenvalue weighted by Crippen LogP contribution is 2.27. The minimum atomic E-state index is -3.67. The molecule has 0 radical (unpaired) electrons. The minimum Gasteiger partial charge on any atom is -0.326 e. The van der Waals surface area contributed by atoms with Crippen LogP contribution in [-0.2, 0) is 21.2 Å². The second-order valence-corrected chi connectivity index (χ2v) is 8.53. The summed E-state index contributed by atoms with van der Waals surface area (Å²) >= 11 is 0. The van der Waals surface area contributed by atoms with Gasteiger partial charge in [-0.25, -0.2) is 13.1 Å². The first kappa shape index (κ1) is 17.7. The lowest BCUT2D eigenvalue weighted by atomic mass is 10.0. The van der Waals surface area contributed by atoms with Gasteiger partial charge in [-0.3, -0.25) is 4.79 Å². The molecular formula is C21H20N2O3S. The molecule has 27 heavy (non-hydrogen) atoms. The van der Waals surface area contributed by atoms with E-state index < -0.39 is 10.0 Å². The molecule has 1 aliphatic heterocycles. The fourth-order valence-electron chi connectivity index (χ4n) is 3.37. The van der Waals surface area contributed by atoms with Gasteiger partial charge in [0.1, 0.15) is 0 Å². The number of benzene rings is 3. The number of rotatable bonds is 4. The van der Waals surface area contributed by atoms with Crippen LogP contribution in [-0.4, -0.2) is 14.3 Å². The molecule has 0 saturated heterocycles. The predicted octanol–water partition coefficient (Wildman–Crippen LogP) is 3.76. The fourth-order valence-corrected chi connectivity index (χ4v) is 4.66. The van der Waals surface area contributed by atoms with E-state index in [2.05, 4.69) is 10.0 Å². The molecule has 0 spiro atoms. The van der Waals surface area contributed by atoms with E-state index in [1.165, 1.54) is 6.07 Å². The Balaban J connectivity index is 1.59. The molecule has 3 aromatic carbocycles. The monoisotopic (exact) mass is 380 g/mol. The zero-order valence-corrected chi connectivity index (χ0v) is 15.7. The van der Waals surface area contributed by atoms with E-state index in [4.69, 9.17) is 0 Å². The van der Waals surface area contributed by atoms with Crippen molar-refractivity contribution >= 4 is 32.4 Å². The highest BCUT2D eigenvalue weighted by atomic mass is 32.2. The molecule has 1 unspecified atom stereocenters. The van der Waals surface area contributed by atoms with Gasteiger partial charge in [-0.05, 0) is 59.5 Å². The van der Waals surface area contributed by atoms with E-state index in [0.717, 1.165) is 21.9 Å². The second-order valence-electron chi connectivity index (χ2n) is 6.82. The van der Waals surface area contributed by atoms with Crippen LogP contribution in [0.2, 0.25) is 0 Å². The highest BCUT2D eigenvalue weighted by Gasteiger charge is 2.22. The number of sulfonamides is 1. The molecule has 3 aromatic rings. The number of aryl methyl sites for hydroxylation is 1. The van der Waals surface area contributed by atoms with Gasteiger partial charge >= 0.3 is 0 Å². The van der Waals surface area contributed by atoms with Crippen LogP contribution >= 0.6 is 0 Å². The largest absolute Gasteiger partial charge is 0.326 e. The quantitative estimate of drug-likeness (QED) is 0.724. The highest BCUT2D eigenvalue weighted by molar-refractivity contribution is 7.89. The molecule has 0 aromatic heterocycles. The van der Waals surface area contributed by atoms with Gasteiger partial charge in [0.25, 0.3) is 0 Å². The van der Waals surface area contributed by atoms with Crippen LogP contribution in [0.15, 0.2) is 65.6 Å². The number of nitrogens with one attached hydrogen (secondary N) is 2. The average molecular weight is 380 g/mol. The van der Waals surface area contributed by atoms with Crippen LogP contribution in [0.25, 0.3) is 10.8 Å². The summed E-state index contributed by atoms with van der Waals surface area (Å²) in [6.07, 6.45) is 0.919. The van der Waals surface area contributed by atoms with E-state index in [1.54, 1.807) is 12.1 Å². The number of hydrogen-bond donors (Lipinski definition) is 2. The third kappa shape index (κ3) is 3.59. The van der Waals surface area contributed by atoms with Crippen LogP contribution < -0.4 is 10.0 Å². The van der Waals surface area contributed by atoms with Crippen molar-refractivity contribution in [1.82, 2.24) is 4.72 Å². The SMILES string of the molecule is CC(NS(=O)(=O)c1ccc2c(c1)CCC(=O)N2)c1ccc2ccccc2c1. The lowest BCUT2D eigenvalue weighted by molar-refractivity contribution is -0.116. The topological polar surface area (TPSA) is 75.3 Å². The molecule has 0 saturated carbocycles. The van der Waals surface area contributed by atoms with E-state index in [1.807, 2.05) is 49.4 Å². The van der Waals surface area contributed by atoms with E-state index in [0.29, 0.717) is 18.5 Å². The van der Waals surface area contributed by atoms with Gasteiger partial charge in [-0.2, -0.15) is 0 Å². The maximum absolute atomic E-state index is 12.8. The third-order valence-electron chi connectivity index (χ3n) is 4.89. The van der Waals surface area contributed by atoms with Gasteiger partial charge in [0, 0.05) is 18.2 Å². The van der Waals surface area contributed by atoms with Gasteiger partial charge in [0.15, 0.2) is 0 Å². The third-order valence-corrected chi connectivity index (χ3v) is 6.43. The van der Waals surface area contributed by atoms with Gasteiger partial charge in [0.05, 0.1) is 4.90 Å². The molecule has 0 aliphatic carbocycles. The standard InChI is InChI=1S/C21H20N2O3S/c1-14(16-7-6-15-4-2-3-5-17(15)12-16)23-27(25,26)19-9-10-20-18(13-19)8-11-21(24)22-20/h2-7,9-10,12-14,23H,8,11H2,1H3,(H,22,24). The van der Waals surface area contributed by atoms with Crippen LogP contribution in [0.1, 0.15) is 30.5 Å². The van der Waals surface area contributed by atoms with Crippen LogP contribution in [0.3, 0.4) is 0 Å². The number of fused-ring (bicyclic) bond motifs is 2. The van der Waals surface area contributed by atoms with Crippen molar-refractivity contribution in [3.05, 3.63) is 71.8 Å². The Kier molecular flexibility index (Phi) is 4.45. The normalized spacial score (nSPS) is 15.2. The smallest absolute Gasteiger partial charge is 0.241 e. The van der Waals surface area contributed by atoms with Crippen LogP contribution in [0, 0.1) is 0 Å². The summed E-state index contributed by atoms with van der Waals surface area (Å²) in [7, 11) is -3.67. The van der Waals surface area contributed by atoms with Crippen LogP contribution in [0.4, 0.5) is 5.69 Å². The summed E-state index contributed by atoms with van der Waals surface area (Å²) in [5.41, 5.74) is 2.44. The van der Waals surface area contributed by atoms with Crippen molar-refractivity contribution in [2.24, 2.45) is 0 Å². The molecule has 4 rings (SSSR count). The summed E-state index contributed by atoms with van der Waals surface area (Å²) in [5.74, 6) is -0.0406. The maximum Gasteiger partial charge on any atom is 0.241 e. The Hall–Kier alpha value is -2.70. The first-order valence-electron chi connectivity index (χ1n) is 8.86. The van der Waals surface area contributed by atoms with Crippen LogP contribution in [0.5, 0.6) is 0 Å². The zero-order chi connectivity index (χ0) is 19.0. The zero-order valence-electron chi connectivity index (χ0n) is 14.9. The number of anilines is 1. The van der Waals surface area contributed by atoms with Crippen molar-refractivity contribution < 1.29 is 13.2 Å². The summed E-state index contributed by atoms with van der Waals surface area (Å²) < 4.78 is 28.4. The number of hydrogen-bond acceptors (Lipinski definition) is 3. The molecule has 0 fully saturated rings. The summed E-state index contributed by atoms with van der Waals surface area (Å²) in [6, 6.07) is 18.4. The Labute approximate surface area is 158 Å². The summed E-state index contributed by atoms with van der Waals surface area (Å²) in [4.78, 5) is 11.7. The molecular weight excluding hydrogens is 360 g/mol. The second kappa shape index (κ2) is 6.79. The lowest BCUT2D eigenvalue weighted by Gasteiger charge is -2.19. The summed E-state index contributed by atoms with van der Waals surface area (Å²) in [5, 5.41) is 4.96. The first-order chi connectivity index (χ1) is 12.9. The molecule has 1 amide bonds. The first-order valence-corrected chi connectivity index (χ1v) is 10.3. The fraction of sp³-hybridized carbons (Fsp3) is 0.190. The van der Waals surface area contributed by atoms with E-state index in [-0.39, 0.29) is 16.8 Å². The van der Waals surface area contributed by atoms with Crippen molar-refractivity contribution in [3.63, 3.8) is 0 Å². The van der Waals surface area contributed by atoms with Gasteiger partial charge in [0.2, 0.25) is 15.9 Å². The molecule has 1 aliphatic rings. The molecule has 0 bridgehead atoms. The number of amides is 1. The Morgan fingerprint density at radius 2 is 1.74 bits per heavy atom. The Morgan fingerprint density at radius 3 is 2.56 bits per heavy atom.